The molecular formula is C8H13NO8. The molecule has 0 aromatic rings. The smallest absolute Gasteiger partial charge is 0.320 e. The minimum Gasteiger partial charge on any atom is -0.481 e. The number of hydrogen-bond acceptors (Lipinski definition) is 5. The van der Waals surface area contributed by atoms with Crippen molar-refractivity contribution in [3.05, 3.63) is 0 Å². The lowest BCUT2D eigenvalue weighted by molar-refractivity contribution is -0.147. The molecule has 1 unspecified atom stereocenters. The van der Waals surface area contributed by atoms with Crippen LogP contribution in [0.25, 0.3) is 0 Å². The van der Waals surface area contributed by atoms with E-state index in [9.17, 15) is 19.2 Å². The Morgan fingerprint density at radius 2 is 1.29 bits per heavy atom. The van der Waals surface area contributed by atoms with E-state index in [2.05, 4.69) is 0 Å². The van der Waals surface area contributed by atoms with Gasteiger partial charge in [-0.05, 0) is 6.42 Å². The van der Waals surface area contributed by atoms with Crippen molar-refractivity contribution in [1.82, 2.24) is 0 Å². The zero-order valence-electron chi connectivity index (χ0n) is 8.70. The largest absolute Gasteiger partial charge is 0.481 e. The number of hydrogen-bond donors (Lipinski definition) is 5. The molecule has 0 aromatic carbocycles. The maximum absolute atomic E-state index is 9.99. The highest BCUT2D eigenvalue weighted by Gasteiger charge is 2.12. The molecule has 6 N–H and O–H groups in total. The lowest BCUT2D eigenvalue weighted by Crippen LogP contribution is -2.30. The monoisotopic (exact) mass is 251 g/mol. The molecule has 9 heteroatoms. The summed E-state index contributed by atoms with van der Waals surface area (Å²) in [6.45, 7) is 0. The number of nitrogens with two attached hydrogens (primary N) is 1. The third-order valence-corrected chi connectivity index (χ3v) is 1.29. The molecule has 0 radical (unpaired) electrons. The molecule has 0 saturated carbocycles. The number of aliphatic carboxylic acids is 4. The van der Waals surface area contributed by atoms with Gasteiger partial charge in [0.1, 0.15) is 12.5 Å². The molecule has 17 heavy (non-hydrogen) atoms. The summed E-state index contributed by atoms with van der Waals surface area (Å²) < 4.78 is 0. The van der Waals surface area contributed by atoms with Crippen molar-refractivity contribution in [3.63, 3.8) is 0 Å². The van der Waals surface area contributed by atoms with Gasteiger partial charge in [-0.25, -0.2) is 0 Å². The topological polar surface area (TPSA) is 175 Å². The fourth-order valence-corrected chi connectivity index (χ4v) is 0.532. The van der Waals surface area contributed by atoms with Gasteiger partial charge in [0.15, 0.2) is 0 Å². The van der Waals surface area contributed by atoms with Gasteiger partial charge in [-0.15, -0.1) is 0 Å². The van der Waals surface area contributed by atoms with Crippen LogP contribution in [0.1, 0.15) is 19.3 Å². The van der Waals surface area contributed by atoms with Crippen molar-refractivity contribution in [3.8, 4) is 0 Å². The normalized spacial score (nSPS) is 10.6. The third-order valence-electron chi connectivity index (χ3n) is 1.29. The minimum atomic E-state index is -1.31. The summed E-state index contributed by atoms with van der Waals surface area (Å²) >= 11 is 0. The molecule has 0 saturated heterocycles. The van der Waals surface area contributed by atoms with Gasteiger partial charge in [0.25, 0.3) is 0 Å². The first-order valence-corrected chi connectivity index (χ1v) is 4.30. The lowest BCUT2D eigenvalue weighted by Gasteiger charge is -2.01. The van der Waals surface area contributed by atoms with Gasteiger partial charge in [0.2, 0.25) is 0 Å². The van der Waals surface area contributed by atoms with E-state index in [1.807, 2.05) is 0 Å². The van der Waals surface area contributed by atoms with E-state index in [0.717, 1.165) is 0 Å². The van der Waals surface area contributed by atoms with Crippen molar-refractivity contribution in [2.75, 3.05) is 0 Å². The summed E-state index contributed by atoms with van der Waals surface area (Å²) in [6, 6.07) is -1.06. The van der Waals surface area contributed by atoms with Gasteiger partial charge >= 0.3 is 23.9 Å². The zero-order chi connectivity index (χ0) is 14.0. The van der Waals surface area contributed by atoms with E-state index >= 15 is 0 Å². The molecule has 0 spiro atoms. The molecule has 0 heterocycles. The second kappa shape index (κ2) is 9.09. The number of rotatable bonds is 6. The van der Waals surface area contributed by atoms with Crippen LogP contribution >= 0.6 is 0 Å². The average molecular weight is 251 g/mol. The number of carbonyl (C=O) groups is 4. The van der Waals surface area contributed by atoms with Gasteiger partial charge in [0.05, 0.1) is 0 Å². The highest BCUT2D eigenvalue weighted by Crippen LogP contribution is 1.93. The Hall–Kier alpha value is -2.16. The fourth-order valence-electron chi connectivity index (χ4n) is 0.532. The van der Waals surface area contributed by atoms with Crippen molar-refractivity contribution in [2.24, 2.45) is 5.73 Å². The third kappa shape index (κ3) is 16.5. The fraction of sp³-hybridized carbons (Fsp3) is 0.500. The van der Waals surface area contributed by atoms with E-state index in [-0.39, 0.29) is 12.8 Å². The first-order valence-electron chi connectivity index (χ1n) is 4.30. The predicted octanol–water partition coefficient (Wildman–Crippen LogP) is -1.19. The lowest BCUT2D eigenvalue weighted by atomic mass is 10.2. The van der Waals surface area contributed by atoms with Crippen molar-refractivity contribution in [2.45, 2.75) is 25.3 Å². The van der Waals surface area contributed by atoms with Crippen LogP contribution in [0, 0.1) is 0 Å². The molecule has 98 valence electrons. The molecule has 0 rings (SSSR count). The summed E-state index contributed by atoms with van der Waals surface area (Å²) in [5.41, 5.74) is 5.00. The molecule has 1 atom stereocenters. The van der Waals surface area contributed by atoms with E-state index in [1.165, 1.54) is 0 Å². The van der Waals surface area contributed by atoms with E-state index in [4.69, 9.17) is 26.2 Å². The highest BCUT2D eigenvalue weighted by molar-refractivity contribution is 5.88. The highest BCUT2D eigenvalue weighted by atomic mass is 16.4. The molecule has 0 fully saturated rings. The molecule has 0 amide bonds. The molecule has 0 bridgehead atoms. The molecule has 0 aromatic heterocycles. The van der Waals surface area contributed by atoms with Crippen LogP contribution < -0.4 is 5.73 Å². The Labute approximate surface area is 95.5 Å². The molecule has 0 aliphatic heterocycles. The first-order chi connectivity index (χ1) is 7.66. The minimum absolute atomic E-state index is 0.0231. The van der Waals surface area contributed by atoms with Gasteiger partial charge in [-0.1, -0.05) is 0 Å². The Balaban J connectivity index is 0. The van der Waals surface area contributed by atoms with Gasteiger partial charge in [0, 0.05) is 6.42 Å². The summed E-state index contributed by atoms with van der Waals surface area (Å²) in [5, 5.41) is 31.7. The van der Waals surface area contributed by atoms with Crippen LogP contribution in [0.5, 0.6) is 0 Å². The van der Waals surface area contributed by atoms with E-state index in [0.29, 0.717) is 0 Å². The Morgan fingerprint density at radius 1 is 0.882 bits per heavy atom. The van der Waals surface area contributed by atoms with Crippen LogP contribution in [-0.4, -0.2) is 50.3 Å². The maximum Gasteiger partial charge on any atom is 0.320 e. The summed E-state index contributed by atoms with van der Waals surface area (Å²) in [6.07, 6.45) is -1.03. The van der Waals surface area contributed by atoms with Crippen LogP contribution in [0.4, 0.5) is 0 Å². The van der Waals surface area contributed by atoms with Gasteiger partial charge in [-0.3, -0.25) is 19.2 Å². The first kappa shape index (κ1) is 17.2. The standard InChI is InChI=1S/C5H9NO4.C3H4O4/c6-3(5(9)10)1-2-4(7)8;4-2(5)1-3(6)7/h3H,1-2,6H2,(H,7,8)(H,9,10);1H2,(H,4,5)(H,6,7). The molecule has 0 aliphatic carbocycles. The van der Waals surface area contributed by atoms with Crippen molar-refractivity contribution >= 4 is 23.9 Å². The van der Waals surface area contributed by atoms with E-state index in [1.54, 1.807) is 0 Å². The SMILES string of the molecule is NC(CCC(=O)O)C(=O)O.O=C(O)CC(=O)O. The number of carboxylic acids is 4. The van der Waals surface area contributed by atoms with Crippen LogP contribution in [0.3, 0.4) is 0 Å². The van der Waals surface area contributed by atoms with Gasteiger partial charge < -0.3 is 26.2 Å². The molecular weight excluding hydrogens is 238 g/mol. The second-order valence-corrected chi connectivity index (χ2v) is 2.84. The second-order valence-electron chi connectivity index (χ2n) is 2.84. The van der Waals surface area contributed by atoms with Crippen LogP contribution in [-0.2, 0) is 19.2 Å². The number of carboxylic acid groups (broad SMARTS) is 4. The average Bonchev–Trinajstić information content (AvgIpc) is 2.12. The predicted molar refractivity (Wildman–Crippen MR) is 52.4 cm³/mol. The molecule has 0 aliphatic rings. The molecule has 9 nitrogen and oxygen atoms in total. The Morgan fingerprint density at radius 3 is 1.47 bits per heavy atom. The summed E-state index contributed by atoms with van der Waals surface area (Å²) in [7, 11) is 0. The zero-order valence-corrected chi connectivity index (χ0v) is 8.70. The summed E-state index contributed by atoms with van der Waals surface area (Å²) in [4.78, 5) is 38.7. The van der Waals surface area contributed by atoms with Crippen molar-refractivity contribution in [1.29, 1.82) is 0 Å². The summed E-state index contributed by atoms with van der Waals surface area (Å²) in [5.74, 6) is -4.82. The van der Waals surface area contributed by atoms with Crippen LogP contribution in [0.15, 0.2) is 0 Å². The van der Waals surface area contributed by atoms with Gasteiger partial charge in [-0.2, -0.15) is 0 Å². The maximum atomic E-state index is 9.99. The van der Waals surface area contributed by atoms with Crippen LogP contribution in [0.2, 0.25) is 0 Å². The van der Waals surface area contributed by atoms with Crippen molar-refractivity contribution < 1.29 is 39.6 Å². The Bertz CT molecular complexity index is 288. The quantitative estimate of drug-likeness (QED) is 0.363. The van der Waals surface area contributed by atoms with E-state index < -0.39 is 36.3 Å². The Kier molecular flexibility index (Phi) is 9.22.